The van der Waals surface area contributed by atoms with Gasteiger partial charge < -0.3 is 4.90 Å². The minimum absolute atomic E-state index is 0.0774. The summed E-state index contributed by atoms with van der Waals surface area (Å²) in [4.78, 5) is 46.0. The molecule has 0 saturated carbocycles. The summed E-state index contributed by atoms with van der Waals surface area (Å²) in [5.41, 5.74) is 2.04. The van der Waals surface area contributed by atoms with Crippen molar-refractivity contribution in [3.05, 3.63) is 128 Å². The number of rotatable bonds is 3. The first-order chi connectivity index (χ1) is 18.0. The zero-order chi connectivity index (χ0) is 25.3. The van der Waals surface area contributed by atoms with Crippen molar-refractivity contribution in [3.8, 4) is 0 Å². The maximum absolute atomic E-state index is 14.5. The lowest BCUT2D eigenvalue weighted by Gasteiger charge is -2.37. The van der Waals surface area contributed by atoms with Crippen molar-refractivity contribution in [2.75, 3.05) is 4.90 Å². The Bertz CT molecular complexity index is 1590. The van der Waals surface area contributed by atoms with E-state index in [0.29, 0.717) is 16.0 Å². The van der Waals surface area contributed by atoms with Crippen LogP contribution in [0.4, 0.5) is 5.69 Å². The Labute approximate surface area is 226 Å². The van der Waals surface area contributed by atoms with Crippen LogP contribution in [0, 0.1) is 5.41 Å². The van der Waals surface area contributed by atoms with Crippen LogP contribution in [0.15, 0.2) is 101 Å². The molecule has 0 N–H and O–H groups in total. The SMILES string of the molecule is O=C(c1cccs1)[C@H]1[C@H](c2ccc(Br)cc2)C2(C(=O)c3ccccc3C2=O)[C@@H]2C=Cc3ccccc3N21. The third kappa shape index (κ3) is 2.97. The van der Waals surface area contributed by atoms with Gasteiger partial charge >= 0.3 is 0 Å². The predicted octanol–water partition coefficient (Wildman–Crippen LogP) is 6.83. The molecule has 0 unspecified atom stereocenters. The summed E-state index contributed by atoms with van der Waals surface area (Å²) >= 11 is 4.90. The lowest BCUT2D eigenvalue weighted by atomic mass is 9.64. The minimum Gasteiger partial charge on any atom is -0.352 e. The van der Waals surface area contributed by atoms with Crippen molar-refractivity contribution in [3.63, 3.8) is 0 Å². The molecule has 3 aromatic carbocycles. The van der Waals surface area contributed by atoms with E-state index < -0.39 is 23.4 Å². The average molecular weight is 566 g/mol. The number of halogens is 1. The number of nitrogens with zero attached hydrogens (tertiary/aromatic N) is 1. The zero-order valence-electron chi connectivity index (χ0n) is 19.5. The van der Waals surface area contributed by atoms with Crippen molar-refractivity contribution in [1.29, 1.82) is 0 Å². The van der Waals surface area contributed by atoms with Crippen molar-refractivity contribution in [2.45, 2.75) is 18.0 Å². The van der Waals surface area contributed by atoms with E-state index in [9.17, 15) is 14.4 Å². The van der Waals surface area contributed by atoms with Crippen molar-refractivity contribution in [1.82, 2.24) is 0 Å². The topological polar surface area (TPSA) is 54.5 Å². The van der Waals surface area contributed by atoms with Gasteiger partial charge in [0.1, 0.15) is 11.5 Å². The van der Waals surface area contributed by atoms with E-state index in [0.717, 1.165) is 21.3 Å². The van der Waals surface area contributed by atoms with Gasteiger partial charge in [-0.15, -0.1) is 11.3 Å². The fourth-order valence-electron chi connectivity index (χ4n) is 6.53. The maximum atomic E-state index is 14.5. The summed E-state index contributed by atoms with van der Waals surface area (Å²) in [5.74, 6) is -1.17. The summed E-state index contributed by atoms with van der Waals surface area (Å²) < 4.78 is 0.889. The molecule has 2 aliphatic heterocycles. The average Bonchev–Trinajstić information content (AvgIpc) is 3.63. The first-order valence-electron chi connectivity index (χ1n) is 12.1. The quantitative estimate of drug-likeness (QED) is 0.202. The predicted molar refractivity (Wildman–Crippen MR) is 149 cm³/mol. The van der Waals surface area contributed by atoms with Crippen molar-refractivity contribution >= 4 is 56.4 Å². The van der Waals surface area contributed by atoms with Gasteiger partial charge in [0.25, 0.3) is 0 Å². The van der Waals surface area contributed by atoms with E-state index in [1.807, 2.05) is 83.1 Å². The maximum Gasteiger partial charge on any atom is 0.195 e. The van der Waals surface area contributed by atoms with E-state index in [1.165, 1.54) is 11.3 Å². The first kappa shape index (κ1) is 22.6. The molecular formula is C31H20BrNO3S. The minimum atomic E-state index is -1.46. The molecule has 3 heterocycles. The van der Waals surface area contributed by atoms with Gasteiger partial charge in [-0.2, -0.15) is 0 Å². The van der Waals surface area contributed by atoms with Crippen LogP contribution in [0.3, 0.4) is 0 Å². The Morgan fingerprint density at radius 3 is 2.19 bits per heavy atom. The number of carbonyl (C=O) groups excluding carboxylic acids is 3. The van der Waals surface area contributed by atoms with Gasteiger partial charge in [0, 0.05) is 27.2 Å². The Balaban J connectivity index is 1.56. The van der Waals surface area contributed by atoms with E-state index >= 15 is 0 Å². The van der Waals surface area contributed by atoms with Crippen molar-refractivity contribution in [2.24, 2.45) is 5.41 Å². The standard InChI is InChI=1S/C31H20BrNO3S/c32-20-14-11-19(12-15-20)26-27(28(34)24-10-5-17-37-24)33-23-9-4-1-6-18(23)13-16-25(33)31(26)29(35)21-7-2-3-8-22(21)30(31)36/h1-17,25-27H/t25-,26-,27+/m0/s1. The van der Waals surface area contributed by atoms with Gasteiger partial charge in [-0.1, -0.05) is 88.7 Å². The van der Waals surface area contributed by atoms with Crippen LogP contribution in [0.25, 0.3) is 6.08 Å². The van der Waals surface area contributed by atoms with Crippen LogP contribution in [-0.4, -0.2) is 29.4 Å². The molecule has 1 saturated heterocycles. The van der Waals surface area contributed by atoms with E-state index in [-0.39, 0.29) is 17.3 Å². The number of hydrogen-bond donors (Lipinski definition) is 0. The lowest BCUT2D eigenvalue weighted by Crippen LogP contribution is -2.48. The normalized spacial score (nSPS) is 22.7. The van der Waals surface area contributed by atoms with Crippen LogP contribution in [0.5, 0.6) is 0 Å². The second kappa shape index (κ2) is 8.20. The molecular weight excluding hydrogens is 546 g/mol. The molecule has 3 aliphatic rings. The van der Waals surface area contributed by atoms with Crippen LogP contribution in [0.1, 0.15) is 47.4 Å². The summed E-state index contributed by atoms with van der Waals surface area (Å²) in [5, 5.41) is 1.88. The molecule has 1 spiro atoms. The molecule has 4 aromatic rings. The number of thiophene rings is 1. The third-order valence-corrected chi connectivity index (χ3v) is 9.39. The fourth-order valence-corrected chi connectivity index (χ4v) is 7.49. The summed E-state index contributed by atoms with van der Waals surface area (Å²) in [7, 11) is 0. The highest BCUT2D eigenvalue weighted by Crippen LogP contribution is 2.61. The van der Waals surface area contributed by atoms with Gasteiger partial charge in [-0.3, -0.25) is 14.4 Å². The highest BCUT2D eigenvalue weighted by atomic mass is 79.9. The Kier molecular flexibility index (Phi) is 5.00. The molecule has 1 aliphatic carbocycles. The molecule has 180 valence electrons. The largest absolute Gasteiger partial charge is 0.352 e. The highest BCUT2D eigenvalue weighted by molar-refractivity contribution is 9.10. The second-order valence-corrected chi connectivity index (χ2v) is 11.5. The molecule has 6 heteroatoms. The van der Waals surface area contributed by atoms with Gasteiger partial charge in [0.2, 0.25) is 0 Å². The van der Waals surface area contributed by atoms with E-state index in [4.69, 9.17) is 0 Å². The monoisotopic (exact) mass is 565 g/mol. The van der Waals surface area contributed by atoms with Gasteiger partial charge in [-0.05, 0) is 40.8 Å². The number of hydrogen-bond acceptors (Lipinski definition) is 5. The second-order valence-electron chi connectivity index (χ2n) is 9.66. The van der Waals surface area contributed by atoms with Crippen molar-refractivity contribution < 1.29 is 14.4 Å². The number of anilines is 1. The highest BCUT2D eigenvalue weighted by Gasteiger charge is 2.71. The smallest absolute Gasteiger partial charge is 0.195 e. The molecule has 37 heavy (non-hydrogen) atoms. The van der Waals surface area contributed by atoms with Gasteiger partial charge in [0.05, 0.1) is 10.9 Å². The van der Waals surface area contributed by atoms with E-state index in [1.54, 1.807) is 24.3 Å². The lowest BCUT2D eigenvalue weighted by molar-refractivity contribution is 0.0666. The zero-order valence-corrected chi connectivity index (χ0v) is 21.9. The van der Waals surface area contributed by atoms with Crippen LogP contribution < -0.4 is 4.90 Å². The van der Waals surface area contributed by atoms with Crippen LogP contribution in [-0.2, 0) is 0 Å². The number of carbonyl (C=O) groups is 3. The molecule has 4 nitrogen and oxygen atoms in total. The fraction of sp³-hybridized carbons (Fsp3) is 0.129. The Hall–Kier alpha value is -3.61. The molecule has 0 radical (unpaired) electrons. The molecule has 3 atom stereocenters. The third-order valence-electron chi connectivity index (χ3n) is 7.97. The number of Topliss-reactive ketones (excluding diaryl/α,β-unsaturated/α-hetero) is 3. The summed E-state index contributed by atoms with van der Waals surface area (Å²) in [6.45, 7) is 0. The number of ketones is 3. The van der Waals surface area contributed by atoms with Crippen LogP contribution in [0.2, 0.25) is 0 Å². The summed E-state index contributed by atoms with van der Waals surface area (Å²) in [6, 6.07) is 25.0. The number of fused-ring (bicyclic) bond motifs is 5. The number of para-hydroxylation sites is 1. The molecule has 7 rings (SSSR count). The number of benzene rings is 3. The van der Waals surface area contributed by atoms with Gasteiger partial charge in [-0.25, -0.2) is 0 Å². The Morgan fingerprint density at radius 2 is 1.51 bits per heavy atom. The summed E-state index contributed by atoms with van der Waals surface area (Å²) in [6.07, 6.45) is 3.94. The molecule has 0 bridgehead atoms. The first-order valence-corrected chi connectivity index (χ1v) is 13.8. The van der Waals surface area contributed by atoms with Crippen LogP contribution >= 0.6 is 27.3 Å². The van der Waals surface area contributed by atoms with E-state index in [2.05, 4.69) is 15.9 Å². The molecule has 1 fully saturated rings. The molecule has 1 aromatic heterocycles. The van der Waals surface area contributed by atoms with Gasteiger partial charge in [0.15, 0.2) is 17.3 Å². The Morgan fingerprint density at radius 1 is 0.838 bits per heavy atom. The molecule has 0 amide bonds.